The van der Waals surface area contributed by atoms with Gasteiger partial charge < -0.3 is 0 Å². The summed E-state index contributed by atoms with van der Waals surface area (Å²) in [6, 6.07) is 27.9. The Labute approximate surface area is 121 Å². The lowest BCUT2D eigenvalue weighted by Crippen LogP contribution is -2.08. The molecule has 0 bridgehead atoms. The maximum atomic E-state index is 2.19. The molecule has 1 radical (unpaired) electrons. The molecule has 3 aromatic carbocycles. The van der Waals surface area contributed by atoms with Crippen molar-refractivity contribution in [3.05, 3.63) is 78.9 Å². The van der Waals surface area contributed by atoms with Crippen LogP contribution in [0.25, 0.3) is 22.3 Å². The summed E-state index contributed by atoms with van der Waals surface area (Å²) in [6.45, 7) is 2.06. The Kier molecular flexibility index (Phi) is 3.69. The van der Waals surface area contributed by atoms with E-state index in [2.05, 4.69) is 86.9 Å². The lowest BCUT2D eigenvalue weighted by atomic mass is 9.73. The third-order valence-corrected chi connectivity index (χ3v) is 3.57. The fraction of sp³-hybridized carbons (Fsp3) is 0.0526. The van der Waals surface area contributed by atoms with E-state index < -0.39 is 0 Å². The SMILES string of the molecule is C[B]c1ccc(-c2ccc(-c3ccccc3)cc2)cc1. The molecule has 0 spiro atoms. The van der Waals surface area contributed by atoms with Gasteiger partial charge >= 0.3 is 0 Å². The van der Waals surface area contributed by atoms with Gasteiger partial charge in [-0.3, -0.25) is 0 Å². The number of hydrogen-bond acceptors (Lipinski definition) is 0. The molecular formula is C19H16B. The van der Waals surface area contributed by atoms with Crippen LogP contribution in [0.4, 0.5) is 0 Å². The normalized spacial score (nSPS) is 10.2. The summed E-state index contributed by atoms with van der Waals surface area (Å²) in [4.78, 5) is 0. The Hall–Kier alpha value is -2.28. The molecule has 0 unspecified atom stereocenters. The zero-order chi connectivity index (χ0) is 13.8. The number of benzene rings is 3. The minimum Gasteiger partial charge on any atom is -0.0881 e. The minimum atomic E-state index is 1.26. The molecule has 0 amide bonds. The van der Waals surface area contributed by atoms with Gasteiger partial charge in [-0.2, -0.15) is 0 Å². The van der Waals surface area contributed by atoms with Crippen molar-refractivity contribution < 1.29 is 0 Å². The third kappa shape index (κ3) is 2.67. The standard InChI is InChI=1S/C19H16B/c1-20-19-13-11-18(12-14-19)17-9-7-16(8-10-17)15-5-3-2-4-6-15/h2-14H,1H3. The maximum absolute atomic E-state index is 2.19. The van der Waals surface area contributed by atoms with Crippen molar-refractivity contribution in [3.8, 4) is 22.3 Å². The molecule has 0 saturated heterocycles. The quantitative estimate of drug-likeness (QED) is 0.608. The second-order valence-electron chi connectivity index (χ2n) is 4.85. The van der Waals surface area contributed by atoms with Gasteiger partial charge in [0.05, 0.1) is 0 Å². The highest BCUT2D eigenvalue weighted by atomic mass is 14.0. The first-order valence-electron chi connectivity index (χ1n) is 6.92. The van der Waals surface area contributed by atoms with Crippen LogP contribution in [0.15, 0.2) is 78.9 Å². The van der Waals surface area contributed by atoms with E-state index in [9.17, 15) is 0 Å². The molecule has 0 aliphatic carbocycles. The Morgan fingerprint density at radius 3 is 1.35 bits per heavy atom. The molecule has 0 heterocycles. The number of rotatable bonds is 3. The van der Waals surface area contributed by atoms with Crippen molar-refractivity contribution in [3.63, 3.8) is 0 Å². The highest BCUT2D eigenvalue weighted by molar-refractivity contribution is 6.51. The molecule has 0 aliphatic heterocycles. The van der Waals surface area contributed by atoms with Crippen molar-refractivity contribution in [1.82, 2.24) is 0 Å². The van der Waals surface area contributed by atoms with E-state index in [0.717, 1.165) is 0 Å². The summed E-state index contributed by atoms with van der Waals surface area (Å²) >= 11 is 0. The monoisotopic (exact) mass is 255 g/mol. The van der Waals surface area contributed by atoms with Crippen LogP contribution in [0.5, 0.6) is 0 Å². The lowest BCUT2D eigenvalue weighted by Gasteiger charge is -2.06. The van der Waals surface area contributed by atoms with E-state index in [1.165, 1.54) is 27.7 Å². The van der Waals surface area contributed by atoms with Gasteiger partial charge in [-0.05, 0) is 22.3 Å². The fourth-order valence-electron chi connectivity index (χ4n) is 2.35. The highest BCUT2D eigenvalue weighted by Gasteiger charge is 2.00. The topological polar surface area (TPSA) is 0 Å². The van der Waals surface area contributed by atoms with Crippen LogP contribution in [-0.4, -0.2) is 7.28 Å². The van der Waals surface area contributed by atoms with Gasteiger partial charge in [0.15, 0.2) is 0 Å². The Morgan fingerprint density at radius 1 is 0.500 bits per heavy atom. The van der Waals surface area contributed by atoms with Crippen LogP contribution in [0.2, 0.25) is 6.82 Å². The van der Waals surface area contributed by atoms with Gasteiger partial charge in [0.1, 0.15) is 7.28 Å². The molecule has 3 aromatic rings. The van der Waals surface area contributed by atoms with Gasteiger partial charge in [0.2, 0.25) is 0 Å². The van der Waals surface area contributed by atoms with E-state index in [1.54, 1.807) is 0 Å². The zero-order valence-corrected chi connectivity index (χ0v) is 11.6. The number of hydrogen-bond donors (Lipinski definition) is 0. The van der Waals surface area contributed by atoms with Gasteiger partial charge in [0, 0.05) is 0 Å². The zero-order valence-electron chi connectivity index (χ0n) is 11.6. The Bertz CT molecular complexity index is 667. The van der Waals surface area contributed by atoms with E-state index >= 15 is 0 Å². The summed E-state index contributed by atoms with van der Waals surface area (Å²) in [7, 11) is 2.11. The average Bonchev–Trinajstić information content (AvgIpc) is 2.56. The van der Waals surface area contributed by atoms with Crippen LogP contribution in [-0.2, 0) is 0 Å². The molecule has 0 N–H and O–H groups in total. The molecule has 95 valence electrons. The van der Waals surface area contributed by atoms with Crippen molar-refractivity contribution in [1.29, 1.82) is 0 Å². The predicted octanol–water partition coefficient (Wildman–Crippen LogP) is 4.40. The first-order chi connectivity index (χ1) is 9.86. The Morgan fingerprint density at radius 2 is 0.900 bits per heavy atom. The fourth-order valence-corrected chi connectivity index (χ4v) is 2.35. The van der Waals surface area contributed by atoms with Gasteiger partial charge in [-0.1, -0.05) is 91.1 Å². The van der Waals surface area contributed by atoms with Crippen LogP contribution in [0.1, 0.15) is 0 Å². The van der Waals surface area contributed by atoms with Crippen molar-refractivity contribution in [2.45, 2.75) is 6.82 Å². The second kappa shape index (κ2) is 5.79. The first kappa shape index (κ1) is 12.7. The molecule has 3 rings (SSSR count). The molecule has 0 aromatic heterocycles. The van der Waals surface area contributed by atoms with E-state index in [4.69, 9.17) is 0 Å². The van der Waals surface area contributed by atoms with Crippen LogP contribution < -0.4 is 5.46 Å². The third-order valence-electron chi connectivity index (χ3n) is 3.57. The summed E-state index contributed by atoms with van der Waals surface area (Å²) in [5.41, 5.74) is 6.29. The lowest BCUT2D eigenvalue weighted by molar-refractivity contribution is 1.60. The van der Waals surface area contributed by atoms with Crippen molar-refractivity contribution in [2.75, 3.05) is 0 Å². The second-order valence-corrected chi connectivity index (χ2v) is 4.85. The van der Waals surface area contributed by atoms with E-state index in [1.807, 2.05) is 6.07 Å². The minimum absolute atomic E-state index is 1.26. The smallest absolute Gasteiger partial charge is 0.0881 e. The van der Waals surface area contributed by atoms with E-state index in [0.29, 0.717) is 0 Å². The van der Waals surface area contributed by atoms with Gasteiger partial charge in [0.25, 0.3) is 0 Å². The molecular weight excluding hydrogens is 239 g/mol. The Balaban J connectivity index is 1.89. The van der Waals surface area contributed by atoms with Crippen molar-refractivity contribution >= 4 is 12.7 Å². The molecule has 0 nitrogen and oxygen atoms in total. The maximum Gasteiger partial charge on any atom is 0.148 e. The highest BCUT2D eigenvalue weighted by Crippen LogP contribution is 2.24. The molecule has 20 heavy (non-hydrogen) atoms. The summed E-state index contributed by atoms with van der Waals surface area (Å²) in [5, 5.41) is 0. The van der Waals surface area contributed by atoms with Crippen LogP contribution >= 0.6 is 0 Å². The first-order valence-corrected chi connectivity index (χ1v) is 6.92. The largest absolute Gasteiger partial charge is 0.148 e. The van der Waals surface area contributed by atoms with Crippen LogP contribution in [0.3, 0.4) is 0 Å². The summed E-state index contributed by atoms with van der Waals surface area (Å²) in [6.07, 6.45) is 0. The summed E-state index contributed by atoms with van der Waals surface area (Å²) in [5.74, 6) is 0. The molecule has 0 aliphatic rings. The molecule has 0 fully saturated rings. The summed E-state index contributed by atoms with van der Waals surface area (Å²) < 4.78 is 0. The molecule has 1 heteroatoms. The van der Waals surface area contributed by atoms with Crippen LogP contribution in [0, 0.1) is 0 Å². The molecule has 0 atom stereocenters. The predicted molar refractivity (Wildman–Crippen MR) is 88.6 cm³/mol. The molecule has 0 saturated carbocycles. The van der Waals surface area contributed by atoms with Gasteiger partial charge in [-0.25, -0.2) is 0 Å². The van der Waals surface area contributed by atoms with E-state index in [-0.39, 0.29) is 0 Å². The average molecular weight is 255 g/mol. The van der Waals surface area contributed by atoms with Crippen molar-refractivity contribution in [2.24, 2.45) is 0 Å². The van der Waals surface area contributed by atoms with Gasteiger partial charge in [-0.15, -0.1) is 0 Å².